The molecule has 8 nitrogen and oxygen atoms in total. The molecule has 3 rings (SSSR count). The van der Waals surface area contributed by atoms with E-state index in [-0.39, 0.29) is 34.0 Å². The third kappa shape index (κ3) is 7.73. The van der Waals surface area contributed by atoms with Crippen LogP contribution in [0.1, 0.15) is 26.3 Å². The molecule has 0 aliphatic carbocycles. The van der Waals surface area contributed by atoms with Gasteiger partial charge in [0.15, 0.2) is 0 Å². The minimum absolute atomic E-state index is 0.00455. The molecule has 2 amide bonds. The topological polar surface area (TPSA) is 96.0 Å². The number of rotatable bonds is 12. The molecular formula is C29H33ClFN3O5S. The number of benzene rings is 3. The van der Waals surface area contributed by atoms with Crippen LogP contribution in [0.2, 0.25) is 5.02 Å². The smallest absolute Gasteiger partial charge is 0.264 e. The molecule has 0 radical (unpaired) electrons. The zero-order valence-electron chi connectivity index (χ0n) is 22.8. The second kappa shape index (κ2) is 13.6. The highest BCUT2D eigenvalue weighted by Gasteiger charge is 2.32. The molecule has 0 unspecified atom stereocenters. The van der Waals surface area contributed by atoms with E-state index in [2.05, 4.69) is 5.32 Å². The third-order valence-corrected chi connectivity index (χ3v) is 8.24. The van der Waals surface area contributed by atoms with Gasteiger partial charge in [-0.05, 0) is 60.9 Å². The van der Waals surface area contributed by atoms with Gasteiger partial charge in [0.2, 0.25) is 11.8 Å². The van der Waals surface area contributed by atoms with Gasteiger partial charge in [-0.25, -0.2) is 12.8 Å². The molecule has 0 fully saturated rings. The Kier molecular flexibility index (Phi) is 10.5. The highest BCUT2D eigenvalue weighted by Crippen LogP contribution is 2.28. The Morgan fingerprint density at radius 2 is 1.65 bits per heavy atom. The summed E-state index contributed by atoms with van der Waals surface area (Å²) in [6.07, 6.45) is 0. The van der Waals surface area contributed by atoms with Crippen molar-refractivity contribution in [1.82, 2.24) is 10.2 Å². The van der Waals surface area contributed by atoms with E-state index in [0.717, 1.165) is 16.4 Å². The van der Waals surface area contributed by atoms with Crippen molar-refractivity contribution in [1.29, 1.82) is 0 Å². The van der Waals surface area contributed by atoms with Gasteiger partial charge < -0.3 is 15.0 Å². The Bertz CT molecular complexity index is 1420. The number of amides is 2. The van der Waals surface area contributed by atoms with Gasteiger partial charge in [-0.1, -0.05) is 55.8 Å². The Labute approximate surface area is 239 Å². The summed E-state index contributed by atoms with van der Waals surface area (Å²) in [5, 5.41) is 2.54. The van der Waals surface area contributed by atoms with E-state index in [0.29, 0.717) is 17.9 Å². The number of nitrogens with one attached hydrogen (secondary N) is 1. The molecule has 0 bridgehead atoms. The van der Waals surface area contributed by atoms with E-state index in [4.69, 9.17) is 16.3 Å². The van der Waals surface area contributed by atoms with Gasteiger partial charge in [-0.2, -0.15) is 0 Å². The molecule has 0 aliphatic heterocycles. The molecule has 3 aromatic rings. The number of carbonyl (C=O) groups is 2. The SMILES string of the molecule is COc1ccc(CN(C(=O)CN(c2ccc(F)c(Cl)c2)S(=O)(=O)c2ccccc2)[C@@H](C)C(=O)NCC(C)C)cc1. The summed E-state index contributed by atoms with van der Waals surface area (Å²) in [6, 6.07) is 17.1. The molecule has 0 saturated heterocycles. The minimum atomic E-state index is -4.27. The van der Waals surface area contributed by atoms with Crippen molar-refractivity contribution in [2.24, 2.45) is 5.92 Å². The molecule has 40 heavy (non-hydrogen) atoms. The van der Waals surface area contributed by atoms with Crippen molar-refractivity contribution < 1.29 is 27.1 Å². The van der Waals surface area contributed by atoms with Crippen LogP contribution in [0, 0.1) is 11.7 Å². The van der Waals surface area contributed by atoms with Gasteiger partial charge in [-0.3, -0.25) is 13.9 Å². The van der Waals surface area contributed by atoms with E-state index in [9.17, 15) is 22.4 Å². The maximum absolute atomic E-state index is 14.0. The van der Waals surface area contributed by atoms with Crippen LogP contribution < -0.4 is 14.4 Å². The zero-order chi connectivity index (χ0) is 29.4. The second-order valence-electron chi connectivity index (χ2n) is 9.61. The quantitative estimate of drug-likeness (QED) is 0.325. The molecule has 0 aromatic heterocycles. The predicted molar refractivity (Wildman–Crippen MR) is 153 cm³/mol. The van der Waals surface area contributed by atoms with Crippen LogP contribution in [0.15, 0.2) is 77.7 Å². The van der Waals surface area contributed by atoms with Gasteiger partial charge in [0.25, 0.3) is 10.0 Å². The van der Waals surface area contributed by atoms with Crippen molar-refractivity contribution in [3.05, 3.63) is 89.2 Å². The lowest BCUT2D eigenvalue weighted by atomic mass is 10.1. The molecule has 1 atom stereocenters. The second-order valence-corrected chi connectivity index (χ2v) is 11.9. The van der Waals surface area contributed by atoms with E-state index in [1.807, 2.05) is 13.8 Å². The van der Waals surface area contributed by atoms with Gasteiger partial charge in [0.1, 0.15) is 24.2 Å². The van der Waals surface area contributed by atoms with Gasteiger partial charge in [0, 0.05) is 13.1 Å². The first-order chi connectivity index (χ1) is 18.9. The molecule has 0 aliphatic rings. The van der Waals surface area contributed by atoms with Gasteiger partial charge in [-0.15, -0.1) is 0 Å². The van der Waals surface area contributed by atoms with E-state index in [1.165, 1.54) is 30.2 Å². The summed E-state index contributed by atoms with van der Waals surface area (Å²) in [5.41, 5.74) is 0.713. The molecule has 214 valence electrons. The molecule has 11 heteroatoms. The number of carbonyl (C=O) groups excluding carboxylic acids is 2. The summed E-state index contributed by atoms with van der Waals surface area (Å²) >= 11 is 5.98. The zero-order valence-corrected chi connectivity index (χ0v) is 24.4. The fourth-order valence-corrected chi connectivity index (χ4v) is 5.45. The van der Waals surface area contributed by atoms with Crippen LogP contribution in [0.3, 0.4) is 0 Å². The lowest BCUT2D eigenvalue weighted by Crippen LogP contribution is -2.51. The largest absolute Gasteiger partial charge is 0.497 e. The minimum Gasteiger partial charge on any atom is -0.497 e. The van der Waals surface area contributed by atoms with Crippen LogP contribution in [0.4, 0.5) is 10.1 Å². The molecule has 1 N–H and O–H groups in total. The van der Waals surface area contributed by atoms with Crippen LogP contribution in [0.5, 0.6) is 5.75 Å². The molecule has 3 aromatic carbocycles. The summed E-state index contributed by atoms with van der Waals surface area (Å²) in [7, 11) is -2.74. The first-order valence-electron chi connectivity index (χ1n) is 12.7. The standard InChI is InChI=1S/C29H33ClFN3O5S/c1-20(2)17-32-29(36)21(3)33(18-22-10-13-24(39-4)14-11-22)28(35)19-34(23-12-15-27(31)26(30)16-23)40(37,38)25-8-6-5-7-9-25/h5-16,20-21H,17-19H2,1-4H3,(H,32,36)/t21-/m0/s1. The maximum Gasteiger partial charge on any atom is 0.264 e. The normalized spacial score (nSPS) is 12.1. The highest BCUT2D eigenvalue weighted by molar-refractivity contribution is 7.92. The Balaban J connectivity index is 2.02. The molecule has 0 saturated carbocycles. The van der Waals surface area contributed by atoms with Crippen molar-refractivity contribution >= 4 is 39.1 Å². The Hall–Kier alpha value is -3.63. The van der Waals surface area contributed by atoms with Crippen LogP contribution in [-0.2, 0) is 26.2 Å². The number of ether oxygens (including phenoxy) is 1. The van der Waals surface area contributed by atoms with Crippen LogP contribution in [0.25, 0.3) is 0 Å². The monoisotopic (exact) mass is 589 g/mol. The van der Waals surface area contributed by atoms with Gasteiger partial charge in [0.05, 0.1) is 22.7 Å². The number of anilines is 1. The number of hydrogen-bond acceptors (Lipinski definition) is 5. The number of sulfonamides is 1. The van der Waals surface area contributed by atoms with Crippen molar-refractivity contribution in [3.8, 4) is 5.75 Å². The lowest BCUT2D eigenvalue weighted by Gasteiger charge is -2.32. The van der Waals surface area contributed by atoms with Crippen molar-refractivity contribution in [2.45, 2.75) is 38.3 Å². The average molecular weight is 590 g/mol. The molecular weight excluding hydrogens is 557 g/mol. The van der Waals surface area contributed by atoms with Crippen molar-refractivity contribution in [2.75, 3.05) is 24.5 Å². The van der Waals surface area contributed by atoms with E-state index < -0.39 is 34.3 Å². The Morgan fingerprint density at radius 3 is 2.23 bits per heavy atom. The third-order valence-electron chi connectivity index (χ3n) is 6.17. The predicted octanol–water partition coefficient (Wildman–Crippen LogP) is 4.87. The van der Waals surface area contributed by atoms with E-state index >= 15 is 0 Å². The summed E-state index contributed by atoms with van der Waals surface area (Å²) in [4.78, 5) is 28.2. The first kappa shape index (κ1) is 30.9. The van der Waals surface area contributed by atoms with Crippen molar-refractivity contribution in [3.63, 3.8) is 0 Å². The fraction of sp³-hybridized carbons (Fsp3) is 0.310. The fourth-order valence-electron chi connectivity index (χ4n) is 3.85. The highest BCUT2D eigenvalue weighted by atomic mass is 35.5. The number of methoxy groups -OCH3 is 1. The number of nitrogens with zero attached hydrogens (tertiary/aromatic N) is 2. The van der Waals surface area contributed by atoms with E-state index in [1.54, 1.807) is 49.4 Å². The average Bonchev–Trinajstić information content (AvgIpc) is 2.95. The number of halogens is 2. The van der Waals surface area contributed by atoms with Crippen LogP contribution in [-0.4, -0.2) is 51.4 Å². The van der Waals surface area contributed by atoms with Crippen LogP contribution >= 0.6 is 11.6 Å². The summed E-state index contributed by atoms with van der Waals surface area (Å²) < 4.78 is 47.5. The first-order valence-corrected chi connectivity index (χ1v) is 14.5. The molecule has 0 spiro atoms. The number of hydrogen-bond donors (Lipinski definition) is 1. The summed E-state index contributed by atoms with van der Waals surface area (Å²) in [6.45, 7) is 5.27. The molecule has 0 heterocycles. The summed E-state index contributed by atoms with van der Waals surface area (Å²) in [5.74, 6) is -0.930. The maximum atomic E-state index is 14.0. The van der Waals surface area contributed by atoms with Gasteiger partial charge >= 0.3 is 0 Å². The Morgan fingerprint density at radius 1 is 1.00 bits per heavy atom. The lowest BCUT2D eigenvalue weighted by molar-refractivity contribution is -0.139.